The first-order chi connectivity index (χ1) is 55.0. The molecule has 14 aromatic carbocycles. The zero-order valence-electron chi connectivity index (χ0n) is 74.8. The maximum Gasteiger partial charge on any atom is 0.135 e. The van der Waals surface area contributed by atoms with E-state index >= 15 is 0 Å². The third kappa shape index (κ3) is 36.1. The van der Waals surface area contributed by atoms with Gasteiger partial charge >= 0.3 is 0 Å². The van der Waals surface area contributed by atoms with E-state index in [0.29, 0.717) is 0 Å². The van der Waals surface area contributed by atoms with Gasteiger partial charge in [-0.05, 0) is 90.0 Å². The third-order valence-electron chi connectivity index (χ3n) is 14.9. The molecule has 0 bridgehead atoms. The number of hydrogen-bond donors (Lipinski definition) is 0. The first-order valence-electron chi connectivity index (χ1n) is 42.3. The highest BCUT2D eigenvalue weighted by molar-refractivity contribution is 7.25. The van der Waals surface area contributed by atoms with E-state index in [0.717, 1.165) is 11.2 Å². The van der Waals surface area contributed by atoms with Crippen LogP contribution in [0, 0.1) is 0 Å². The van der Waals surface area contributed by atoms with Gasteiger partial charge in [-0.1, -0.05) is 535 Å². The van der Waals surface area contributed by atoms with Crippen LogP contribution in [0.3, 0.4) is 0 Å². The van der Waals surface area contributed by atoms with E-state index in [2.05, 4.69) is 281 Å². The minimum atomic E-state index is 0.160. The summed E-state index contributed by atoms with van der Waals surface area (Å²) in [6.07, 6.45) is 0. The van der Waals surface area contributed by atoms with Crippen molar-refractivity contribution in [1.29, 1.82) is 0 Å². The minimum absolute atomic E-state index is 0.160. The molecular weight excluding hydrogens is 1360 g/mol. The van der Waals surface area contributed by atoms with Crippen molar-refractivity contribution in [3.63, 3.8) is 0 Å². The van der Waals surface area contributed by atoms with Gasteiger partial charge in [-0.2, -0.15) is 0 Å². The molecule has 0 saturated carbocycles. The molecule has 0 atom stereocenters. The van der Waals surface area contributed by atoms with Crippen LogP contribution in [0.2, 0.25) is 0 Å². The molecule has 0 aliphatic heterocycles. The van der Waals surface area contributed by atoms with Crippen molar-refractivity contribution in [2.75, 3.05) is 0 Å². The predicted molar refractivity (Wildman–Crippen MR) is 520 cm³/mol. The fourth-order valence-electron chi connectivity index (χ4n) is 10.8. The zero-order chi connectivity index (χ0) is 84.5. The van der Waals surface area contributed by atoms with Crippen LogP contribution in [0.1, 0.15) is 219 Å². The first-order valence-corrected chi connectivity index (χ1v) is 43.1. The Labute approximate surface area is 684 Å². The van der Waals surface area contributed by atoms with Crippen molar-refractivity contribution in [3.05, 3.63) is 363 Å². The highest BCUT2D eigenvalue weighted by Gasteiger charge is 2.34. The average molecular weight is 1510 g/mol. The fourth-order valence-corrected chi connectivity index (χ4v) is 11.9. The Morgan fingerprint density at radius 2 is 0.387 bits per heavy atom. The topological polar surface area (TPSA) is 13.1 Å². The summed E-state index contributed by atoms with van der Waals surface area (Å²) >= 11 is 1.86. The Balaban J connectivity index is -0.000000575. The standard InChI is InChI=1S/C15H14.C14H10.C12H8O.C12H8S.C12H10.C10H8.C6H6.14C2H6/c1-15(2)13-9-5-3-7-11(13)12-8-4-6-10-14(12)15;1-3-7-13-11(5-1)9-10-12-6-2-4-8-14(12)13;2*1-3-7-11-9(5-1)10-6-2-4-8-12(10)13-11;1-3-7-11(8-4-1)12-9-5-2-6-10-12;1-2-6-10-8-4-3-7-9(10)5-1;1-2-4-6-5-3-1;14*1-2/h3-10H,1-2H3;1-10H;2*1-8H;1-10H;1-8H;1-6H;14*1-2H3. The molecule has 1 nitrogen and oxygen atoms in total. The lowest BCUT2D eigenvalue weighted by Gasteiger charge is -2.20. The predicted octanol–water partition coefficient (Wildman–Crippen LogP) is 37.9. The first kappa shape index (κ1) is 107. The van der Waals surface area contributed by atoms with Crippen LogP contribution in [0.25, 0.3) is 96.7 Å². The summed E-state index contributed by atoms with van der Waals surface area (Å²) in [4.78, 5) is 0. The number of benzene rings is 14. The average Bonchev–Trinajstić information content (AvgIpc) is 1.60. The molecule has 2 heteroatoms. The van der Waals surface area contributed by atoms with Gasteiger partial charge in [0.05, 0.1) is 0 Å². The van der Waals surface area contributed by atoms with E-state index in [4.69, 9.17) is 4.42 Å². The van der Waals surface area contributed by atoms with Crippen LogP contribution in [-0.2, 0) is 5.41 Å². The summed E-state index contributed by atoms with van der Waals surface area (Å²) in [5, 5.41) is 13.1. The van der Waals surface area contributed by atoms with Crippen molar-refractivity contribution < 1.29 is 4.42 Å². The largest absolute Gasteiger partial charge is 0.456 e. The molecule has 0 unspecified atom stereocenters. The molecule has 596 valence electrons. The summed E-state index contributed by atoms with van der Waals surface area (Å²) in [5.74, 6) is 0. The summed E-state index contributed by atoms with van der Waals surface area (Å²) in [6, 6.07) is 122. The smallest absolute Gasteiger partial charge is 0.135 e. The van der Waals surface area contributed by atoms with E-state index in [-0.39, 0.29) is 5.41 Å². The maximum absolute atomic E-state index is 5.65. The maximum atomic E-state index is 5.65. The summed E-state index contributed by atoms with van der Waals surface area (Å²) in [6.45, 7) is 60.6. The number of furan rings is 1. The second kappa shape index (κ2) is 72.7. The number of para-hydroxylation sites is 2. The van der Waals surface area contributed by atoms with Crippen LogP contribution >= 0.6 is 11.3 Å². The van der Waals surface area contributed by atoms with Crippen molar-refractivity contribution in [2.45, 2.75) is 213 Å². The van der Waals surface area contributed by atoms with Crippen LogP contribution in [0.5, 0.6) is 0 Å². The molecule has 16 aromatic rings. The van der Waals surface area contributed by atoms with Crippen molar-refractivity contribution >= 4 is 85.8 Å². The van der Waals surface area contributed by atoms with Gasteiger partial charge in [-0.15, -0.1) is 11.3 Å². The van der Waals surface area contributed by atoms with Crippen LogP contribution < -0.4 is 0 Å². The van der Waals surface area contributed by atoms with Crippen molar-refractivity contribution in [3.8, 4) is 22.3 Å². The van der Waals surface area contributed by atoms with Crippen LogP contribution in [-0.4, -0.2) is 0 Å². The monoisotopic (exact) mass is 1510 g/mol. The van der Waals surface area contributed by atoms with Gasteiger partial charge in [0, 0.05) is 36.4 Å². The van der Waals surface area contributed by atoms with Crippen LogP contribution in [0.4, 0.5) is 0 Å². The highest BCUT2D eigenvalue weighted by atomic mass is 32.1. The summed E-state index contributed by atoms with van der Waals surface area (Å²) in [7, 11) is 0. The lowest BCUT2D eigenvalue weighted by atomic mass is 9.82. The van der Waals surface area contributed by atoms with Gasteiger partial charge in [0.2, 0.25) is 0 Å². The molecule has 0 saturated heterocycles. The number of rotatable bonds is 1. The zero-order valence-corrected chi connectivity index (χ0v) is 75.6. The number of fused-ring (bicyclic) bond motifs is 13. The lowest BCUT2D eigenvalue weighted by molar-refractivity contribution is 0.660. The van der Waals surface area contributed by atoms with Gasteiger partial charge in [-0.25, -0.2) is 0 Å². The van der Waals surface area contributed by atoms with Gasteiger partial charge < -0.3 is 4.42 Å². The number of hydrogen-bond acceptors (Lipinski definition) is 2. The van der Waals surface area contributed by atoms with Gasteiger partial charge in [0.25, 0.3) is 0 Å². The Morgan fingerprint density at radius 1 is 0.180 bits per heavy atom. The molecule has 0 N–H and O–H groups in total. The molecule has 0 fully saturated rings. The molecule has 1 aliphatic carbocycles. The Hall–Kier alpha value is -10.1. The number of thiophene rings is 1. The lowest BCUT2D eigenvalue weighted by Crippen LogP contribution is -2.14. The highest BCUT2D eigenvalue weighted by Crippen LogP contribution is 2.48. The molecule has 1 aliphatic rings. The minimum Gasteiger partial charge on any atom is -0.456 e. The van der Waals surface area contributed by atoms with E-state index in [1.54, 1.807) is 0 Å². The van der Waals surface area contributed by atoms with E-state index < -0.39 is 0 Å². The second-order valence-electron chi connectivity index (χ2n) is 20.6. The Bertz CT molecular complexity index is 4210. The molecule has 17 rings (SSSR count). The normalized spacial score (nSPS) is 9.24. The Kier molecular flexibility index (Phi) is 70.3. The van der Waals surface area contributed by atoms with Gasteiger partial charge in [0.1, 0.15) is 11.2 Å². The van der Waals surface area contributed by atoms with E-state index in [1.165, 1.54) is 96.6 Å². The van der Waals surface area contributed by atoms with Gasteiger partial charge in [0.15, 0.2) is 0 Å². The SMILES string of the molecule is CC.CC.CC.CC.CC.CC.CC.CC.CC.CC.CC.CC.CC.CC.CC1(C)c2ccccc2-c2ccccc21.c1ccc(-c2ccccc2)cc1.c1ccc2c(c1)ccc1ccccc12.c1ccc2c(c1)oc1ccccc12.c1ccc2c(c1)sc1ccccc12.c1ccc2ccccc2c1.c1ccccc1. The third-order valence-corrected chi connectivity index (χ3v) is 16.1. The quantitative estimate of drug-likeness (QED) is 0.149. The van der Waals surface area contributed by atoms with E-state index in [1.807, 2.05) is 290 Å². The van der Waals surface area contributed by atoms with Gasteiger partial charge in [-0.3, -0.25) is 0 Å². The Morgan fingerprint density at radius 3 is 0.685 bits per heavy atom. The fraction of sp³-hybridized carbons (Fsp3) is 0.284. The molecule has 0 spiro atoms. The molecule has 111 heavy (non-hydrogen) atoms. The second-order valence-corrected chi connectivity index (χ2v) is 21.7. The summed E-state index contributed by atoms with van der Waals surface area (Å²) < 4.78 is 8.41. The molecule has 2 heterocycles. The molecule has 0 radical (unpaired) electrons. The van der Waals surface area contributed by atoms with E-state index in [9.17, 15) is 0 Å². The summed E-state index contributed by atoms with van der Waals surface area (Å²) in [5.41, 5.74) is 10.3. The van der Waals surface area contributed by atoms with Crippen molar-refractivity contribution in [2.24, 2.45) is 0 Å². The molecular formula is C109H148OS. The van der Waals surface area contributed by atoms with Crippen LogP contribution in [0.15, 0.2) is 356 Å². The molecule has 2 aromatic heterocycles. The van der Waals surface area contributed by atoms with Crippen molar-refractivity contribution in [1.82, 2.24) is 0 Å². The molecule has 0 amide bonds.